The Hall–Kier alpha value is -1.22. The molecule has 2 nitrogen and oxygen atoms in total. The van der Waals surface area contributed by atoms with Gasteiger partial charge in [0, 0.05) is 30.7 Å². The number of aliphatic hydroxyl groups excluding tert-OH is 1. The minimum absolute atomic E-state index is 0. The lowest BCUT2D eigenvalue weighted by molar-refractivity contribution is 0.176. The number of nitrogens with zero attached hydrogens (tertiary/aromatic N) is 1. The van der Waals surface area contributed by atoms with Crippen molar-refractivity contribution in [2.75, 3.05) is 19.0 Å². The van der Waals surface area contributed by atoms with Gasteiger partial charge in [0.2, 0.25) is 0 Å². The Morgan fingerprint density at radius 3 is 2.10 bits per heavy atom. The van der Waals surface area contributed by atoms with E-state index < -0.39 is 6.10 Å². The smallest absolute Gasteiger partial charge is 0.0621 e. The van der Waals surface area contributed by atoms with Crippen LogP contribution in [0.5, 0.6) is 0 Å². The van der Waals surface area contributed by atoms with E-state index in [1.165, 1.54) is 0 Å². The average molecular weight is 326 g/mol. The molecule has 0 aromatic heterocycles. The van der Waals surface area contributed by atoms with Gasteiger partial charge in [-0.25, -0.2) is 0 Å². The molecule has 2 rings (SSSR count). The second kappa shape index (κ2) is 7.69. The number of rotatable bonds is 4. The van der Waals surface area contributed by atoms with E-state index in [1.54, 1.807) is 0 Å². The Labute approximate surface area is 137 Å². The lowest BCUT2D eigenvalue weighted by atomic mass is 9.87. The molecule has 2 atom stereocenters. The van der Waals surface area contributed by atoms with Crippen molar-refractivity contribution in [3.8, 4) is 0 Å². The summed E-state index contributed by atoms with van der Waals surface area (Å²) in [4.78, 5) is 2.06. The van der Waals surface area contributed by atoms with Crippen LogP contribution >= 0.6 is 24.0 Å². The number of anilines is 1. The van der Waals surface area contributed by atoms with Gasteiger partial charge in [0.25, 0.3) is 0 Å². The first kappa shape index (κ1) is 17.8. The van der Waals surface area contributed by atoms with Crippen LogP contribution in [-0.2, 0) is 0 Å². The van der Waals surface area contributed by atoms with Gasteiger partial charge in [0.15, 0.2) is 0 Å². The highest BCUT2D eigenvalue weighted by molar-refractivity contribution is 6.30. The van der Waals surface area contributed by atoms with Crippen LogP contribution in [0.3, 0.4) is 0 Å². The molecule has 4 heteroatoms. The maximum Gasteiger partial charge on any atom is 0.0621 e. The predicted octanol–water partition coefficient (Wildman–Crippen LogP) is 4.34. The van der Waals surface area contributed by atoms with Gasteiger partial charge in [-0.05, 0) is 42.3 Å². The van der Waals surface area contributed by atoms with Crippen molar-refractivity contribution in [1.29, 1.82) is 0 Å². The van der Waals surface area contributed by atoms with E-state index in [4.69, 9.17) is 11.6 Å². The zero-order chi connectivity index (χ0) is 14.7. The van der Waals surface area contributed by atoms with Crippen LogP contribution in [0.25, 0.3) is 0 Å². The van der Waals surface area contributed by atoms with Crippen LogP contribution < -0.4 is 4.90 Å². The fraction of sp³-hybridized carbons (Fsp3) is 0.294. The number of hydrogen-bond acceptors (Lipinski definition) is 2. The first-order chi connectivity index (χ1) is 9.49. The molecule has 0 saturated carbocycles. The normalized spacial score (nSPS) is 13.2. The van der Waals surface area contributed by atoms with E-state index in [1.807, 2.05) is 57.4 Å². The molecule has 0 amide bonds. The van der Waals surface area contributed by atoms with E-state index >= 15 is 0 Å². The molecule has 0 radical (unpaired) electrons. The van der Waals surface area contributed by atoms with Crippen LogP contribution in [0, 0.1) is 0 Å². The van der Waals surface area contributed by atoms with Gasteiger partial charge in [0.05, 0.1) is 6.10 Å². The van der Waals surface area contributed by atoms with E-state index in [0.29, 0.717) is 5.02 Å². The largest absolute Gasteiger partial charge is 0.392 e. The Morgan fingerprint density at radius 2 is 1.57 bits per heavy atom. The molecule has 0 aliphatic rings. The van der Waals surface area contributed by atoms with Crippen molar-refractivity contribution in [2.45, 2.75) is 18.9 Å². The standard InChI is InChI=1S/C17H20ClNO.ClH/c1-12(20)17(13-6-4-8-15(18)10-13)14-7-5-9-16(11-14)19(2)3;/h4-12,17,20H,1-3H3;1H. The molecule has 0 spiro atoms. The Bertz CT molecular complexity index is 585. The molecule has 0 bridgehead atoms. The van der Waals surface area contributed by atoms with E-state index in [2.05, 4.69) is 17.0 Å². The third-order valence-corrected chi connectivity index (χ3v) is 3.67. The van der Waals surface area contributed by atoms with Crippen LogP contribution in [0.15, 0.2) is 48.5 Å². The molecule has 0 heterocycles. The molecule has 0 saturated heterocycles. The Balaban J connectivity index is 0.00000220. The topological polar surface area (TPSA) is 23.5 Å². The van der Waals surface area contributed by atoms with E-state index in [-0.39, 0.29) is 18.3 Å². The van der Waals surface area contributed by atoms with Gasteiger partial charge >= 0.3 is 0 Å². The van der Waals surface area contributed by atoms with Crippen molar-refractivity contribution >= 4 is 29.7 Å². The first-order valence-electron chi connectivity index (χ1n) is 6.70. The minimum atomic E-state index is -0.481. The number of aliphatic hydroxyl groups is 1. The molecular weight excluding hydrogens is 305 g/mol. The molecule has 114 valence electrons. The van der Waals surface area contributed by atoms with Gasteiger partial charge in [-0.3, -0.25) is 0 Å². The molecule has 1 N–H and O–H groups in total. The van der Waals surface area contributed by atoms with Gasteiger partial charge < -0.3 is 10.0 Å². The lowest BCUT2D eigenvalue weighted by Crippen LogP contribution is -2.17. The molecule has 2 aromatic carbocycles. The summed E-state index contributed by atoms with van der Waals surface area (Å²) >= 11 is 6.07. The summed E-state index contributed by atoms with van der Waals surface area (Å²) in [6.45, 7) is 1.81. The third kappa shape index (κ3) is 4.37. The van der Waals surface area contributed by atoms with E-state index in [0.717, 1.165) is 16.8 Å². The molecule has 2 unspecified atom stereocenters. The quantitative estimate of drug-likeness (QED) is 0.903. The maximum atomic E-state index is 10.2. The minimum Gasteiger partial charge on any atom is -0.392 e. The molecule has 21 heavy (non-hydrogen) atoms. The van der Waals surface area contributed by atoms with Crippen LogP contribution in [0.1, 0.15) is 24.0 Å². The van der Waals surface area contributed by atoms with Crippen LogP contribution in [0.4, 0.5) is 5.69 Å². The summed E-state index contributed by atoms with van der Waals surface area (Å²) in [5.74, 6) is -0.0754. The zero-order valence-corrected chi connectivity index (χ0v) is 14.0. The predicted molar refractivity (Wildman–Crippen MR) is 93.0 cm³/mol. The maximum absolute atomic E-state index is 10.2. The highest BCUT2D eigenvalue weighted by Crippen LogP contribution is 2.31. The summed E-state index contributed by atoms with van der Waals surface area (Å²) in [5, 5.41) is 10.9. The van der Waals surface area contributed by atoms with Crippen molar-refractivity contribution in [3.63, 3.8) is 0 Å². The average Bonchev–Trinajstić information content (AvgIpc) is 2.39. The Morgan fingerprint density at radius 1 is 1.00 bits per heavy atom. The number of halogens is 2. The second-order valence-corrected chi connectivity index (χ2v) is 5.70. The highest BCUT2D eigenvalue weighted by Gasteiger charge is 2.20. The molecule has 2 aromatic rings. The van der Waals surface area contributed by atoms with Gasteiger partial charge in [0.1, 0.15) is 0 Å². The third-order valence-electron chi connectivity index (χ3n) is 3.44. The Kier molecular flexibility index (Phi) is 6.53. The highest BCUT2D eigenvalue weighted by atomic mass is 35.5. The SMILES string of the molecule is CC(O)C(c1cccc(Cl)c1)c1cccc(N(C)C)c1.Cl. The fourth-order valence-electron chi connectivity index (χ4n) is 2.45. The molecule has 0 fully saturated rings. The summed E-state index contributed by atoms with van der Waals surface area (Å²) in [6.07, 6.45) is -0.481. The zero-order valence-electron chi connectivity index (χ0n) is 12.5. The van der Waals surface area contributed by atoms with E-state index in [9.17, 15) is 5.11 Å². The summed E-state index contributed by atoms with van der Waals surface area (Å²) < 4.78 is 0. The molecular formula is C17H21Cl2NO. The summed E-state index contributed by atoms with van der Waals surface area (Å²) in [7, 11) is 4.02. The van der Waals surface area contributed by atoms with Gasteiger partial charge in [-0.1, -0.05) is 35.9 Å². The summed E-state index contributed by atoms with van der Waals surface area (Å²) in [6, 6.07) is 15.9. The van der Waals surface area contributed by atoms with Crippen LogP contribution in [-0.4, -0.2) is 25.3 Å². The lowest BCUT2D eigenvalue weighted by Gasteiger charge is -2.23. The van der Waals surface area contributed by atoms with Crippen molar-refractivity contribution in [3.05, 3.63) is 64.7 Å². The molecule has 0 aliphatic carbocycles. The van der Waals surface area contributed by atoms with Crippen molar-refractivity contribution < 1.29 is 5.11 Å². The van der Waals surface area contributed by atoms with Gasteiger partial charge in [-0.2, -0.15) is 0 Å². The first-order valence-corrected chi connectivity index (χ1v) is 7.07. The number of hydrogen-bond donors (Lipinski definition) is 1. The molecule has 0 aliphatic heterocycles. The van der Waals surface area contributed by atoms with Crippen molar-refractivity contribution in [1.82, 2.24) is 0 Å². The number of benzene rings is 2. The monoisotopic (exact) mass is 325 g/mol. The van der Waals surface area contributed by atoms with Crippen molar-refractivity contribution in [2.24, 2.45) is 0 Å². The van der Waals surface area contributed by atoms with Gasteiger partial charge in [-0.15, -0.1) is 12.4 Å². The summed E-state index contributed by atoms with van der Waals surface area (Å²) in [5.41, 5.74) is 3.24. The fourth-order valence-corrected chi connectivity index (χ4v) is 2.64. The second-order valence-electron chi connectivity index (χ2n) is 5.26. The van der Waals surface area contributed by atoms with Crippen LogP contribution in [0.2, 0.25) is 5.02 Å².